The van der Waals surface area contributed by atoms with Gasteiger partial charge in [-0.25, -0.2) is 4.99 Å². The van der Waals surface area contributed by atoms with E-state index in [0.29, 0.717) is 12.5 Å². The number of guanidine groups is 1. The Hall–Kier alpha value is -1.70. The van der Waals surface area contributed by atoms with Gasteiger partial charge < -0.3 is 19.9 Å². The molecule has 0 spiro atoms. The molecule has 2 rings (SSSR count). The van der Waals surface area contributed by atoms with E-state index in [0.717, 1.165) is 31.2 Å². The van der Waals surface area contributed by atoms with Crippen molar-refractivity contribution in [3.63, 3.8) is 0 Å². The lowest BCUT2D eigenvalue weighted by molar-refractivity contribution is 0.414. The second kappa shape index (κ2) is 11.8. The lowest BCUT2D eigenvalue weighted by Crippen LogP contribution is -2.38. The summed E-state index contributed by atoms with van der Waals surface area (Å²) in [6, 6.07) is 10.4. The maximum Gasteiger partial charge on any atom is 0.191 e. The van der Waals surface area contributed by atoms with Gasteiger partial charge in [0.05, 0.1) is 13.7 Å². The molecule has 0 radical (unpaired) electrons. The summed E-state index contributed by atoms with van der Waals surface area (Å²) < 4.78 is 7.26. The molecule has 26 heavy (non-hydrogen) atoms. The summed E-state index contributed by atoms with van der Waals surface area (Å²) in [5.41, 5.74) is 2.54. The van der Waals surface area contributed by atoms with Gasteiger partial charge in [-0.3, -0.25) is 0 Å². The van der Waals surface area contributed by atoms with Crippen molar-refractivity contribution in [2.24, 2.45) is 12.0 Å². The van der Waals surface area contributed by atoms with Crippen LogP contribution >= 0.6 is 24.0 Å². The number of aromatic nitrogens is 1. The number of methoxy groups -OCH3 is 1. The number of ether oxygens (including phenoxy) is 1. The summed E-state index contributed by atoms with van der Waals surface area (Å²) in [5, 5.41) is 6.73. The van der Waals surface area contributed by atoms with Gasteiger partial charge in [-0.2, -0.15) is 0 Å². The lowest BCUT2D eigenvalue weighted by Gasteiger charge is -2.15. The quantitative estimate of drug-likeness (QED) is 0.350. The summed E-state index contributed by atoms with van der Waals surface area (Å²) >= 11 is 0. The molecule has 0 amide bonds. The molecule has 0 fully saturated rings. The summed E-state index contributed by atoms with van der Waals surface area (Å²) in [6.45, 7) is 6.75. The van der Waals surface area contributed by atoms with Crippen molar-refractivity contribution in [3.8, 4) is 5.75 Å². The topological polar surface area (TPSA) is 50.6 Å². The number of nitrogens with one attached hydrogen (secondary N) is 2. The normalized spacial score (nSPS) is 12.2. The molecule has 0 aliphatic carbocycles. The van der Waals surface area contributed by atoms with E-state index in [1.807, 2.05) is 29.9 Å². The number of hydrogen-bond donors (Lipinski definition) is 2. The first-order valence-electron chi connectivity index (χ1n) is 8.89. The first-order valence-corrected chi connectivity index (χ1v) is 8.89. The fourth-order valence-corrected chi connectivity index (χ4v) is 2.67. The summed E-state index contributed by atoms with van der Waals surface area (Å²) in [4.78, 5) is 4.65. The predicted octanol–water partition coefficient (Wildman–Crippen LogP) is 3.90. The van der Waals surface area contributed by atoms with Crippen LogP contribution in [0.25, 0.3) is 0 Å². The SMILES string of the molecule is CCNC(=NCc1ccn(C)c1)NCCC(C)c1ccc(OC)cc1.I. The molecule has 1 aromatic carbocycles. The van der Waals surface area contributed by atoms with E-state index in [-0.39, 0.29) is 24.0 Å². The first kappa shape index (κ1) is 22.3. The molecule has 1 heterocycles. The van der Waals surface area contributed by atoms with Gasteiger partial charge in [0.25, 0.3) is 0 Å². The van der Waals surface area contributed by atoms with Crippen LogP contribution in [-0.2, 0) is 13.6 Å². The van der Waals surface area contributed by atoms with Crippen molar-refractivity contribution in [2.75, 3.05) is 20.2 Å². The van der Waals surface area contributed by atoms with Gasteiger partial charge in [-0.1, -0.05) is 19.1 Å². The van der Waals surface area contributed by atoms with Crippen molar-refractivity contribution < 1.29 is 4.74 Å². The van der Waals surface area contributed by atoms with E-state index in [4.69, 9.17) is 4.74 Å². The minimum Gasteiger partial charge on any atom is -0.497 e. The van der Waals surface area contributed by atoms with Crippen molar-refractivity contribution in [3.05, 3.63) is 53.9 Å². The molecule has 2 aromatic rings. The molecule has 2 N–H and O–H groups in total. The van der Waals surface area contributed by atoms with Gasteiger partial charge in [0.15, 0.2) is 5.96 Å². The molecule has 1 atom stereocenters. The van der Waals surface area contributed by atoms with E-state index in [1.54, 1.807) is 7.11 Å². The maximum atomic E-state index is 5.22. The van der Waals surface area contributed by atoms with Crippen LogP contribution in [0.2, 0.25) is 0 Å². The van der Waals surface area contributed by atoms with E-state index < -0.39 is 0 Å². The monoisotopic (exact) mass is 470 g/mol. The Morgan fingerprint density at radius 2 is 1.92 bits per heavy atom. The fraction of sp³-hybridized carbons (Fsp3) is 0.450. The summed E-state index contributed by atoms with van der Waals surface area (Å²) in [6.07, 6.45) is 5.18. The Morgan fingerprint density at radius 1 is 1.19 bits per heavy atom. The van der Waals surface area contributed by atoms with Gasteiger partial charge >= 0.3 is 0 Å². The number of hydrogen-bond acceptors (Lipinski definition) is 2. The minimum atomic E-state index is 0. The molecular weight excluding hydrogens is 439 g/mol. The summed E-state index contributed by atoms with van der Waals surface area (Å²) in [5.74, 6) is 2.25. The van der Waals surface area contributed by atoms with Crippen LogP contribution in [0.3, 0.4) is 0 Å². The second-order valence-electron chi connectivity index (χ2n) is 6.27. The predicted molar refractivity (Wildman–Crippen MR) is 120 cm³/mol. The molecular formula is C20H31IN4O. The highest BCUT2D eigenvalue weighted by atomic mass is 127. The zero-order valence-corrected chi connectivity index (χ0v) is 18.5. The van der Waals surface area contributed by atoms with Gasteiger partial charge in [0.2, 0.25) is 0 Å². The van der Waals surface area contributed by atoms with Crippen LogP contribution in [0.15, 0.2) is 47.7 Å². The molecule has 6 heteroatoms. The molecule has 0 bridgehead atoms. The highest BCUT2D eigenvalue weighted by molar-refractivity contribution is 14.0. The Bertz CT molecular complexity index is 667. The van der Waals surface area contributed by atoms with E-state index >= 15 is 0 Å². The van der Waals surface area contributed by atoms with Crippen molar-refractivity contribution >= 4 is 29.9 Å². The zero-order chi connectivity index (χ0) is 18.1. The fourth-order valence-electron chi connectivity index (χ4n) is 2.67. The van der Waals surface area contributed by atoms with E-state index in [2.05, 4.69) is 53.9 Å². The number of benzene rings is 1. The van der Waals surface area contributed by atoms with Crippen LogP contribution in [0.4, 0.5) is 0 Å². The Morgan fingerprint density at radius 3 is 2.50 bits per heavy atom. The van der Waals surface area contributed by atoms with Gasteiger partial charge in [-0.15, -0.1) is 24.0 Å². The molecule has 0 aliphatic heterocycles. The second-order valence-corrected chi connectivity index (χ2v) is 6.27. The van der Waals surface area contributed by atoms with Gasteiger partial charge in [0.1, 0.15) is 5.75 Å². The molecule has 0 aliphatic rings. The Labute approximate surface area is 174 Å². The third-order valence-corrected chi connectivity index (χ3v) is 4.21. The number of nitrogens with zero attached hydrogens (tertiary/aromatic N) is 2. The summed E-state index contributed by atoms with van der Waals surface area (Å²) in [7, 11) is 3.72. The largest absolute Gasteiger partial charge is 0.497 e. The molecule has 5 nitrogen and oxygen atoms in total. The van der Waals surface area contributed by atoms with Crippen LogP contribution in [0, 0.1) is 0 Å². The van der Waals surface area contributed by atoms with Crippen molar-refractivity contribution in [2.45, 2.75) is 32.7 Å². The third-order valence-electron chi connectivity index (χ3n) is 4.21. The number of aryl methyl sites for hydroxylation is 1. The van der Waals surface area contributed by atoms with Gasteiger partial charge in [-0.05, 0) is 48.6 Å². The lowest BCUT2D eigenvalue weighted by atomic mass is 9.98. The van der Waals surface area contributed by atoms with Crippen LogP contribution in [-0.4, -0.2) is 30.7 Å². The first-order chi connectivity index (χ1) is 12.1. The minimum absolute atomic E-state index is 0. The zero-order valence-electron chi connectivity index (χ0n) is 16.2. The number of rotatable bonds is 8. The van der Waals surface area contributed by atoms with E-state index in [9.17, 15) is 0 Å². The highest BCUT2D eigenvalue weighted by Gasteiger charge is 2.06. The van der Waals surface area contributed by atoms with Crippen molar-refractivity contribution in [1.82, 2.24) is 15.2 Å². The smallest absolute Gasteiger partial charge is 0.191 e. The standard InChI is InChI=1S/C20H30N4O.HI/c1-5-21-20(23-14-17-11-13-24(3)15-17)22-12-10-16(2)18-6-8-19(25-4)9-7-18;/h6-9,11,13,15-16H,5,10,12,14H2,1-4H3,(H2,21,22,23);1H. The van der Waals surface area contributed by atoms with Crippen LogP contribution in [0.1, 0.15) is 37.3 Å². The highest BCUT2D eigenvalue weighted by Crippen LogP contribution is 2.21. The molecule has 144 valence electrons. The molecule has 1 unspecified atom stereocenters. The van der Waals surface area contributed by atoms with Crippen molar-refractivity contribution in [1.29, 1.82) is 0 Å². The molecule has 0 saturated heterocycles. The molecule has 1 aromatic heterocycles. The Kier molecular flexibility index (Phi) is 10.2. The Balaban J connectivity index is 0.00000338. The average Bonchev–Trinajstić information content (AvgIpc) is 3.05. The average molecular weight is 470 g/mol. The van der Waals surface area contributed by atoms with Gasteiger partial charge in [0, 0.05) is 32.5 Å². The number of aliphatic imine (C=N–C) groups is 1. The maximum absolute atomic E-state index is 5.22. The van der Waals surface area contributed by atoms with E-state index in [1.165, 1.54) is 11.1 Å². The van der Waals surface area contributed by atoms with Crippen LogP contribution < -0.4 is 15.4 Å². The molecule has 0 saturated carbocycles. The number of halogens is 1. The third kappa shape index (κ3) is 7.27. The van der Waals surface area contributed by atoms with Crippen LogP contribution in [0.5, 0.6) is 5.75 Å².